The van der Waals surface area contributed by atoms with Crippen molar-refractivity contribution in [2.75, 3.05) is 19.5 Å². The van der Waals surface area contributed by atoms with Crippen LogP contribution in [0.15, 0.2) is 48.5 Å². The molecule has 0 radical (unpaired) electrons. The average Bonchev–Trinajstić information content (AvgIpc) is 2.61. The van der Waals surface area contributed by atoms with Crippen LogP contribution in [0.25, 0.3) is 6.08 Å². The molecule has 0 unspecified atom stereocenters. The van der Waals surface area contributed by atoms with Crippen LogP contribution in [-0.2, 0) is 4.79 Å². The van der Waals surface area contributed by atoms with Gasteiger partial charge < -0.3 is 19.5 Å². The Morgan fingerprint density at radius 1 is 1.00 bits per heavy atom. The molecule has 0 fully saturated rings. The molecule has 2 aromatic carbocycles. The molecule has 0 aliphatic rings. The van der Waals surface area contributed by atoms with Gasteiger partial charge in [0.05, 0.1) is 20.3 Å². The first kappa shape index (κ1) is 18.4. The highest BCUT2D eigenvalue weighted by Gasteiger charge is 2.07. The van der Waals surface area contributed by atoms with Gasteiger partial charge in [0, 0.05) is 11.8 Å². The van der Waals surface area contributed by atoms with Gasteiger partial charge in [0.25, 0.3) is 0 Å². The number of ether oxygens (including phenoxy) is 3. The van der Waals surface area contributed by atoms with E-state index in [4.69, 9.17) is 14.2 Å². The van der Waals surface area contributed by atoms with E-state index in [2.05, 4.69) is 5.32 Å². The van der Waals surface area contributed by atoms with Crippen LogP contribution in [-0.4, -0.2) is 26.2 Å². The Morgan fingerprint density at radius 3 is 2.32 bits per heavy atom. The lowest BCUT2D eigenvalue weighted by Gasteiger charge is -2.13. The number of hydrogen-bond acceptors (Lipinski definition) is 4. The number of rotatable bonds is 7. The maximum Gasteiger partial charge on any atom is 0.248 e. The topological polar surface area (TPSA) is 56.8 Å². The van der Waals surface area contributed by atoms with Gasteiger partial charge in [0.1, 0.15) is 5.75 Å². The molecule has 132 valence electrons. The average molecular weight is 341 g/mol. The molecule has 5 nitrogen and oxygen atoms in total. The first-order valence-corrected chi connectivity index (χ1v) is 7.99. The van der Waals surface area contributed by atoms with Gasteiger partial charge in [-0.05, 0) is 61.9 Å². The molecule has 0 aliphatic heterocycles. The zero-order valence-electron chi connectivity index (χ0n) is 14.9. The standard InChI is InChI=1S/C20H23NO4/c1-14(2)25-18-11-5-15(13-19(18)24-4)6-12-20(22)21-16-7-9-17(23-3)10-8-16/h5-14H,1-4H3,(H,21,22)/b12-6+. The number of hydrogen-bond donors (Lipinski definition) is 1. The molecule has 0 heterocycles. The number of methoxy groups -OCH3 is 2. The van der Waals surface area contributed by atoms with Crippen LogP contribution in [0.4, 0.5) is 5.69 Å². The van der Waals surface area contributed by atoms with Crippen LogP contribution >= 0.6 is 0 Å². The van der Waals surface area contributed by atoms with Crippen LogP contribution in [0.5, 0.6) is 17.2 Å². The minimum absolute atomic E-state index is 0.0607. The van der Waals surface area contributed by atoms with E-state index in [-0.39, 0.29) is 12.0 Å². The van der Waals surface area contributed by atoms with Crippen molar-refractivity contribution < 1.29 is 19.0 Å². The fraction of sp³-hybridized carbons (Fsp3) is 0.250. The number of benzene rings is 2. The summed E-state index contributed by atoms with van der Waals surface area (Å²) in [5.74, 6) is 1.83. The fourth-order valence-electron chi connectivity index (χ4n) is 2.17. The van der Waals surface area contributed by atoms with Crippen LogP contribution in [0.1, 0.15) is 19.4 Å². The van der Waals surface area contributed by atoms with E-state index in [1.807, 2.05) is 32.0 Å². The molecule has 0 spiro atoms. The first-order chi connectivity index (χ1) is 12.0. The van der Waals surface area contributed by atoms with E-state index in [1.54, 1.807) is 44.6 Å². The molecule has 2 rings (SSSR count). The third kappa shape index (κ3) is 5.57. The first-order valence-electron chi connectivity index (χ1n) is 7.99. The smallest absolute Gasteiger partial charge is 0.248 e. The third-order valence-corrected chi connectivity index (χ3v) is 3.34. The zero-order valence-corrected chi connectivity index (χ0v) is 14.9. The molecule has 25 heavy (non-hydrogen) atoms. The van der Waals surface area contributed by atoms with Crippen molar-refractivity contribution in [2.45, 2.75) is 20.0 Å². The minimum Gasteiger partial charge on any atom is -0.497 e. The van der Waals surface area contributed by atoms with E-state index in [1.165, 1.54) is 6.08 Å². The Balaban J connectivity index is 2.03. The van der Waals surface area contributed by atoms with Crippen molar-refractivity contribution in [3.05, 3.63) is 54.1 Å². The molecule has 0 atom stereocenters. The quantitative estimate of drug-likeness (QED) is 0.769. The van der Waals surface area contributed by atoms with Crippen molar-refractivity contribution in [1.29, 1.82) is 0 Å². The van der Waals surface area contributed by atoms with Gasteiger partial charge in [-0.2, -0.15) is 0 Å². The van der Waals surface area contributed by atoms with E-state index in [0.29, 0.717) is 17.2 Å². The summed E-state index contributed by atoms with van der Waals surface area (Å²) in [5.41, 5.74) is 1.55. The Kier molecular flexibility index (Phi) is 6.46. The lowest BCUT2D eigenvalue weighted by molar-refractivity contribution is -0.111. The summed E-state index contributed by atoms with van der Waals surface area (Å²) < 4.78 is 16.1. The van der Waals surface area contributed by atoms with Crippen LogP contribution in [0, 0.1) is 0 Å². The second-order valence-electron chi connectivity index (χ2n) is 5.63. The Morgan fingerprint density at radius 2 is 1.72 bits per heavy atom. The van der Waals surface area contributed by atoms with Crippen molar-refractivity contribution in [2.24, 2.45) is 0 Å². The summed E-state index contributed by atoms with van der Waals surface area (Å²) >= 11 is 0. The largest absolute Gasteiger partial charge is 0.497 e. The van der Waals surface area contributed by atoms with Gasteiger partial charge in [0.15, 0.2) is 11.5 Å². The third-order valence-electron chi connectivity index (χ3n) is 3.34. The number of carbonyl (C=O) groups excluding carboxylic acids is 1. The van der Waals surface area contributed by atoms with Gasteiger partial charge in [0.2, 0.25) is 5.91 Å². The van der Waals surface area contributed by atoms with Gasteiger partial charge >= 0.3 is 0 Å². The molecule has 2 aromatic rings. The normalized spacial score (nSPS) is 10.8. The summed E-state index contributed by atoms with van der Waals surface area (Å²) in [6.45, 7) is 3.91. The van der Waals surface area contributed by atoms with E-state index < -0.39 is 0 Å². The molecule has 1 amide bonds. The zero-order chi connectivity index (χ0) is 18.2. The SMILES string of the molecule is COc1ccc(NC(=O)/C=C/c2ccc(OC(C)C)c(OC)c2)cc1. The summed E-state index contributed by atoms with van der Waals surface area (Å²) in [4.78, 5) is 12.0. The lowest BCUT2D eigenvalue weighted by Crippen LogP contribution is -2.07. The van der Waals surface area contributed by atoms with Crippen molar-refractivity contribution in [1.82, 2.24) is 0 Å². The summed E-state index contributed by atoms with van der Waals surface area (Å²) in [5, 5.41) is 2.79. The van der Waals surface area contributed by atoms with Crippen LogP contribution < -0.4 is 19.5 Å². The Bertz CT molecular complexity index is 736. The molecular formula is C20H23NO4. The summed E-state index contributed by atoms with van der Waals surface area (Å²) in [6.07, 6.45) is 3.26. The lowest BCUT2D eigenvalue weighted by atomic mass is 10.2. The second kappa shape index (κ2) is 8.78. The molecule has 0 bridgehead atoms. The van der Waals surface area contributed by atoms with Gasteiger partial charge in [-0.15, -0.1) is 0 Å². The van der Waals surface area contributed by atoms with E-state index in [9.17, 15) is 4.79 Å². The minimum atomic E-state index is -0.216. The van der Waals surface area contributed by atoms with Gasteiger partial charge in [-0.3, -0.25) is 4.79 Å². The molecule has 0 saturated carbocycles. The predicted molar refractivity (Wildman–Crippen MR) is 99.4 cm³/mol. The van der Waals surface area contributed by atoms with E-state index in [0.717, 1.165) is 11.3 Å². The highest BCUT2D eigenvalue weighted by molar-refractivity contribution is 6.01. The fourth-order valence-corrected chi connectivity index (χ4v) is 2.17. The van der Waals surface area contributed by atoms with Gasteiger partial charge in [-0.1, -0.05) is 6.07 Å². The summed E-state index contributed by atoms with van der Waals surface area (Å²) in [7, 11) is 3.19. The monoisotopic (exact) mass is 341 g/mol. The number of anilines is 1. The molecule has 1 N–H and O–H groups in total. The Labute approximate surface area is 148 Å². The van der Waals surface area contributed by atoms with E-state index >= 15 is 0 Å². The molecular weight excluding hydrogens is 318 g/mol. The molecule has 0 aliphatic carbocycles. The van der Waals surface area contributed by atoms with Gasteiger partial charge in [-0.25, -0.2) is 0 Å². The molecule has 0 saturated heterocycles. The highest BCUT2D eigenvalue weighted by atomic mass is 16.5. The predicted octanol–water partition coefficient (Wildman–Crippen LogP) is 4.14. The maximum atomic E-state index is 12.0. The van der Waals surface area contributed by atoms with Crippen molar-refractivity contribution in [3.63, 3.8) is 0 Å². The van der Waals surface area contributed by atoms with Crippen molar-refractivity contribution in [3.8, 4) is 17.2 Å². The van der Waals surface area contributed by atoms with Crippen molar-refractivity contribution >= 4 is 17.7 Å². The summed E-state index contributed by atoms with van der Waals surface area (Å²) in [6, 6.07) is 12.7. The van der Waals surface area contributed by atoms with Crippen LogP contribution in [0.2, 0.25) is 0 Å². The maximum absolute atomic E-state index is 12.0. The number of nitrogens with one attached hydrogen (secondary N) is 1. The number of carbonyl (C=O) groups is 1. The second-order valence-corrected chi connectivity index (χ2v) is 5.63. The highest BCUT2D eigenvalue weighted by Crippen LogP contribution is 2.29. The number of amides is 1. The molecule has 5 heteroatoms. The Hall–Kier alpha value is -2.95. The molecule has 0 aromatic heterocycles. The van der Waals surface area contributed by atoms with Crippen LogP contribution in [0.3, 0.4) is 0 Å².